The summed E-state index contributed by atoms with van der Waals surface area (Å²) in [6, 6.07) is 19.7. The third-order valence-corrected chi connectivity index (χ3v) is 17.2. The number of carbonyl (C=O) groups excluding carboxylic acids is 2. The van der Waals surface area contributed by atoms with E-state index in [1.54, 1.807) is 10.9 Å². The molecule has 92 heavy (non-hydrogen) atoms. The Kier molecular flexibility index (Phi) is 28.2. The summed E-state index contributed by atoms with van der Waals surface area (Å²) in [6.07, 6.45) is 10.7. The molecular formula is C66H89F5N8O13. The molecule has 2 saturated carbocycles. The van der Waals surface area contributed by atoms with Gasteiger partial charge in [0.2, 0.25) is 17.6 Å². The second kappa shape index (κ2) is 37.0. The molecule has 2 bridgehead atoms. The third-order valence-electron chi connectivity index (χ3n) is 17.2. The molecule has 2 unspecified atom stereocenters. The van der Waals surface area contributed by atoms with Gasteiger partial charge in [0, 0.05) is 61.5 Å². The van der Waals surface area contributed by atoms with Gasteiger partial charge >= 0.3 is 5.97 Å². The highest BCUT2D eigenvalue weighted by atomic mass is 19.3. The van der Waals surface area contributed by atoms with Gasteiger partial charge in [0.05, 0.1) is 137 Å². The zero-order chi connectivity index (χ0) is 64.3. The molecule has 9 rings (SSSR count). The largest absolute Gasteiger partial charge is 0.491 e. The van der Waals surface area contributed by atoms with Gasteiger partial charge < -0.3 is 62.0 Å². The smallest absolute Gasteiger partial charge is 0.313 e. The maximum Gasteiger partial charge on any atom is 0.313 e. The van der Waals surface area contributed by atoms with Gasteiger partial charge in [0.15, 0.2) is 11.6 Å². The number of amides is 1. The quantitative estimate of drug-likeness (QED) is 0.0167. The van der Waals surface area contributed by atoms with Crippen molar-refractivity contribution in [3.05, 3.63) is 113 Å². The summed E-state index contributed by atoms with van der Waals surface area (Å²) in [6.45, 7) is 9.35. The third kappa shape index (κ3) is 22.5. The fraction of sp³-hybridized carbons (Fsp3) is 0.636. The molecule has 1 N–H and O–H groups in total. The molecular weight excluding hydrogens is 1210 g/mol. The second-order valence-corrected chi connectivity index (χ2v) is 23.8. The number of carbonyl (C=O) groups is 2. The predicted octanol–water partition coefficient (Wildman–Crippen LogP) is 9.65. The molecule has 3 aromatic carbocycles. The molecule has 3 atom stereocenters. The highest BCUT2D eigenvalue weighted by molar-refractivity contribution is 5.79. The van der Waals surface area contributed by atoms with Crippen LogP contribution in [-0.4, -0.2) is 183 Å². The van der Waals surface area contributed by atoms with E-state index in [-0.39, 0.29) is 75.9 Å². The van der Waals surface area contributed by atoms with E-state index in [9.17, 15) is 31.5 Å². The number of piperidine rings is 1. The Balaban J connectivity index is 0.536. The molecule has 2 aromatic heterocycles. The number of hydrogen-bond acceptors (Lipinski definition) is 18. The molecule has 0 spiro atoms. The van der Waals surface area contributed by atoms with Gasteiger partial charge in [-0.1, -0.05) is 35.5 Å². The van der Waals surface area contributed by atoms with E-state index in [0.717, 1.165) is 93.0 Å². The van der Waals surface area contributed by atoms with Crippen molar-refractivity contribution in [2.24, 2.45) is 5.92 Å². The second-order valence-electron chi connectivity index (χ2n) is 23.8. The molecule has 4 heterocycles. The summed E-state index contributed by atoms with van der Waals surface area (Å²) in [5, 5.41) is 21.0. The van der Waals surface area contributed by atoms with E-state index in [1.165, 1.54) is 0 Å². The van der Waals surface area contributed by atoms with Crippen LogP contribution in [0.5, 0.6) is 17.2 Å². The number of alkyl halides is 2. The zero-order valence-corrected chi connectivity index (χ0v) is 52.6. The Morgan fingerprint density at radius 1 is 0.620 bits per heavy atom. The Labute approximate surface area is 534 Å². The van der Waals surface area contributed by atoms with E-state index >= 15 is 0 Å². The Bertz CT molecular complexity index is 2930. The summed E-state index contributed by atoms with van der Waals surface area (Å²) < 4.78 is 134. The van der Waals surface area contributed by atoms with Gasteiger partial charge in [0.25, 0.3) is 0 Å². The van der Waals surface area contributed by atoms with E-state index in [1.807, 2.05) is 42.5 Å². The number of esters is 1. The molecule has 5 aromatic rings. The van der Waals surface area contributed by atoms with E-state index in [0.29, 0.717) is 141 Å². The molecule has 0 radical (unpaired) electrons. The van der Waals surface area contributed by atoms with Crippen molar-refractivity contribution in [1.82, 2.24) is 40.0 Å². The van der Waals surface area contributed by atoms with Gasteiger partial charge in [-0.05, 0) is 107 Å². The fourth-order valence-electron chi connectivity index (χ4n) is 12.5. The van der Waals surface area contributed by atoms with Crippen LogP contribution in [0.4, 0.5) is 22.0 Å². The summed E-state index contributed by atoms with van der Waals surface area (Å²) in [7, 11) is 0. The average molecular weight is 1300 g/mol. The number of halogens is 5. The van der Waals surface area contributed by atoms with E-state index in [4.69, 9.17) is 52.5 Å². The topological polar surface area (TPSA) is 212 Å². The van der Waals surface area contributed by atoms with Gasteiger partial charge in [-0.15, -0.1) is 15.3 Å². The lowest BCUT2D eigenvalue weighted by molar-refractivity contribution is -0.136. The van der Waals surface area contributed by atoms with Crippen LogP contribution in [0.1, 0.15) is 131 Å². The van der Waals surface area contributed by atoms with Crippen LogP contribution in [0.25, 0.3) is 0 Å². The van der Waals surface area contributed by atoms with Crippen molar-refractivity contribution in [3.63, 3.8) is 0 Å². The summed E-state index contributed by atoms with van der Waals surface area (Å²) in [5.74, 6) is -4.77. The summed E-state index contributed by atoms with van der Waals surface area (Å²) >= 11 is 0. The minimum atomic E-state index is -2.67. The number of nitrogens with one attached hydrogen (secondary N) is 1. The minimum Gasteiger partial charge on any atom is -0.491 e. The van der Waals surface area contributed by atoms with Crippen molar-refractivity contribution in [2.75, 3.05) is 112 Å². The van der Waals surface area contributed by atoms with Crippen LogP contribution in [0.2, 0.25) is 0 Å². The van der Waals surface area contributed by atoms with Crippen LogP contribution in [0.3, 0.4) is 0 Å². The van der Waals surface area contributed by atoms with E-state index < -0.39 is 35.1 Å². The Hall–Kier alpha value is -6.23. The van der Waals surface area contributed by atoms with E-state index in [2.05, 4.69) is 54.0 Å². The number of fused-ring (bicyclic) bond motifs is 2. The molecule has 506 valence electrons. The highest BCUT2D eigenvalue weighted by Gasteiger charge is 2.43. The van der Waals surface area contributed by atoms with Crippen LogP contribution in [-0.2, 0) is 60.6 Å². The molecule has 26 heteroatoms. The lowest BCUT2D eigenvalue weighted by Gasteiger charge is -2.41. The summed E-state index contributed by atoms with van der Waals surface area (Å²) in [4.78, 5) is 27.9. The van der Waals surface area contributed by atoms with Crippen molar-refractivity contribution < 1.29 is 83.6 Å². The van der Waals surface area contributed by atoms with Crippen LogP contribution < -0.4 is 19.5 Å². The number of aryl methyl sites for hydroxylation is 1. The van der Waals surface area contributed by atoms with Gasteiger partial charge in [0.1, 0.15) is 41.3 Å². The number of aromatic nitrogens is 6. The summed E-state index contributed by atoms with van der Waals surface area (Å²) in [5.41, 5.74) is 1.75. The van der Waals surface area contributed by atoms with Crippen molar-refractivity contribution >= 4 is 11.9 Å². The first-order valence-electron chi connectivity index (χ1n) is 32.5. The fourth-order valence-corrected chi connectivity index (χ4v) is 12.5. The normalized spacial score (nSPS) is 20.3. The maximum absolute atomic E-state index is 13.9. The number of rotatable bonds is 41. The van der Waals surface area contributed by atoms with Crippen molar-refractivity contribution in [2.45, 2.75) is 152 Å². The average Bonchev–Trinajstić information content (AvgIpc) is 1.63. The molecule has 2 saturated heterocycles. The monoisotopic (exact) mass is 1300 g/mol. The van der Waals surface area contributed by atoms with Gasteiger partial charge in [-0.25, -0.2) is 26.6 Å². The zero-order valence-electron chi connectivity index (χ0n) is 52.6. The minimum absolute atomic E-state index is 0.0504. The number of benzene rings is 3. The first kappa shape index (κ1) is 70.1. The maximum atomic E-state index is 13.9. The number of ether oxygens (including phenoxy) is 11. The first-order valence-corrected chi connectivity index (χ1v) is 32.5. The standard InChI is InChI=1S/C66H89F5N8O13/c1-47-73-75-64(79(47)55-43-53-9-10-54(44-55)78(53)23-19-61(48-5-3-2-4-6-48)72-65(81)50-17-21-66(70,71)22-18-50)49-7-11-57(12-8-49)91-58-15-13-56(14-16-58)90-40-39-88-36-35-86-33-34-87-37-38-89-46-52-45-77(76-74-52)24-26-83-28-30-85-32-31-84-29-27-82-25-20-62(80)92-63-59(68)41-51(67)42-60(63)69/h2-6,13-16,41-42,45,49-50,53-55,57,61H,7-12,17-40,43-44,46H2,1H3,(H,72,81)/t49?,53?,54?,55?,57?,61-/m0/s1. The van der Waals surface area contributed by atoms with Gasteiger partial charge in [-0.3, -0.25) is 14.5 Å². The highest BCUT2D eigenvalue weighted by Crippen LogP contribution is 2.44. The van der Waals surface area contributed by atoms with Crippen molar-refractivity contribution in [3.8, 4) is 17.2 Å². The Morgan fingerprint density at radius 2 is 1.18 bits per heavy atom. The van der Waals surface area contributed by atoms with Crippen LogP contribution in [0.15, 0.2) is 72.9 Å². The molecule has 4 fully saturated rings. The van der Waals surface area contributed by atoms with Crippen LogP contribution in [0, 0.1) is 30.3 Å². The predicted molar refractivity (Wildman–Crippen MR) is 325 cm³/mol. The molecule has 2 aliphatic heterocycles. The molecule has 4 aliphatic rings. The SMILES string of the molecule is Cc1nnc(C2CCC(Oc3ccc(OCCOCCOCCOCCOCc4cn(CCOCCOCCOCCOCCC(=O)Oc5c(F)cc(F)cc5F)nn4)cc3)CC2)n1C1CC2CCC(C1)N2CC[C@H](NC(=O)C1CCC(F)(F)CC1)c1ccccc1. The number of hydrogen-bond donors (Lipinski definition) is 1. The molecule has 21 nitrogen and oxygen atoms in total. The first-order chi connectivity index (χ1) is 44.8. The Morgan fingerprint density at radius 3 is 1.80 bits per heavy atom. The lowest BCUT2D eigenvalue weighted by atomic mass is 9.85. The van der Waals surface area contributed by atoms with Gasteiger partial charge in [-0.2, -0.15) is 0 Å². The lowest BCUT2D eigenvalue weighted by Crippen LogP contribution is -2.45. The van der Waals surface area contributed by atoms with Crippen molar-refractivity contribution in [1.29, 1.82) is 0 Å². The number of nitrogens with zero attached hydrogens (tertiary/aromatic N) is 7. The van der Waals surface area contributed by atoms with Crippen LogP contribution >= 0.6 is 0 Å². The molecule has 1 amide bonds. The molecule has 2 aliphatic carbocycles.